The second-order valence-electron chi connectivity index (χ2n) is 4.85. The van der Waals surface area contributed by atoms with Crippen molar-refractivity contribution < 1.29 is 0 Å². The van der Waals surface area contributed by atoms with Gasteiger partial charge < -0.3 is 10.6 Å². The molecule has 88 valence electrons. The number of anilines is 2. The summed E-state index contributed by atoms with van der Waals surface area (Å²) in [5.41, 5.74) is 5.77. The zero-order chi connectivity index (χ0) is 11.7. The van der Waals surface area contributed by atoms with E-state index in [1.54, 1.807) is 0 Å². The smallest absolute Gasteiger partial charge is 0.134 e. The molecule has 2 N–H and O–H groups in total. The van der Waals surface area contributed by atoms with Crippen molar-refractivity contribution in [1.82, 2.24) is 9.97 Å². The molecule has 1 fully saturated rings. The number of rotatable bonds is 2. The van der Waals surface area contributed by atoms with Crippen molar-refractivity contribution in [2.75, 3.05) is 17.2 Å². The first kappa shape index (κ1) is 11.2. The van der Waals surface area contributed by atoms with Gasteiger partial charge in [0, 0.05) is 18.7 Å². The summed E-state index contributed by atoms with van der Waals surface area (Å²) in [5, 5.41) is 0. The van der Waals surface area contributed by atoms with Crippen LogP contribution < -0.4 is 10.6 Å². The Kier molecular flexibility index (Phi) is 2.99. The van der Waals surface area contributed by atoms with E-state index in [1.165, 1.54) is 12.8 Å². The van der Waals surface area contributed by atoms with Gasteiger partial charge in [-0.3, -0.25) is 0 Å². The van der Waals surface area contributed by atoms with E-state index in [0.29, 0.717) is 17.8 Å². The Morgan fingerprint density at radius 1 is 1.44 bits per heavy atom. The third kappa shape index (κ3) is 2.10. The molecule has 4 heteroatoms. The largest absolute Gasteiger partial charge is 0.384 e. The molecule has 0 radical (unpaired) electrons. The Hall–Kier alpha value is -1.32. The highest BCUT2D eigenvalue weighted by molar-refractivity contribution is 5.48. The maximum absolute atomic E-state index is 5.77. The van der Waals surface area contributed by atoms with Crippen LogP contribution in [0.2, 0.25) is 0 Å². The van der Waals surface area contributed by atoms with E-state index in [1.807, 2.05) is 13.0 Å². The van der Waals surface area contributed by atoms with E-state index >= 15 is 0 Å². The van der Waals surface area contributed by atoms with Crippen LogP contribution in [0.15, 0.2) is 6.07 Å². The number of nitrogens with zero attached hydrogens (tertiary/aromatic N) is 3. The van der Waals surface area contributed by atoms with Crippen molar-refractivity contribution in [2.45, 2.75) is 39.7 Å². The molecule has 0 saturated carbocycles. The Morgan fingerprint density at radius 3 is 2.81 bits per heavy atom. The third-order valence-corrected chi connectivity index (χ3v) is 3.21. The fraction of sp³-hybridized carbons (Fsp3) is 0.667. The highest BCUT2D eigenvalue weighted by atomic mass is 15.2. The zero-order valence-corrected chi connectivity index (χ0v) is 10.3. The fourth-order valence-electron chi connectivity index (χ4n) is 2.49. The minimum absolute atomic E-state index is 0.567. The van der Waals surface area contributed by atoms with E-state index in [2.05, 4.69) is 28.7 Å². The Morgan fingerprint density at radius 2 is 2.19 bits per heavy atom. The lowest BCUT2D eigenvalue weighted by Gasteiger charge is -2.28. The molecule has 1 saturated heterocycles. The molecule has 2 rings (SSSR count). The van der Waals surface area contributed by atoms with E-state index in [0.717, 1.165) is 18.2 Å². The molecule has 0 amide bonds. The summed E-state index contributed by atoms with van der Waals surface area (Å²) in [5.74, 6) is 2.96. The van der Waals surface area contributed by atoms with Crippen LogP contribution in [0.25, 0.3) is 0 Å². The first-order valence-electron chi connectivity index (χ1n) is 5.95. The van der Waals surface area contributed by atoms with Crippen LogP contribution in [-0.4, -0.2) is 22.6 Å². The molecule has 1 atom stereocenters. The van der Waals surface area contributed by atoms with Crippen molar-refractivity contribution in [2.24, 2.45) is 5.92 Å². The van der Waals surface area contributed by atoms with Gasteiger partial charge in [-0.2, -0.15) is 0 Å². The summed E-state index contributed by atoms with van der Waals surface area (Å²) in [6.07, 6.45) is 2.49. The molecule has 1 aromatic heterocycles. The molecule has 1 unspecified atom stereocenters. The second kappa shape index (κ2) is 4.28. The van der Waals surface area contributed by atoms with Gasteiger partial charge in [0.2, 0.25) is 0 Å². The number of hydrogen-bond acceptors (Lipinski definition) is 4. The predicted molar refractivity (Wildman–Crippen MR) is 66.4 cm³/mol. The maximum atomic E-state index is 5.77. The van der Waals surface area contributed by atoms with Gasteiger partial charge >= 0.3 is 0 Å². The highest BCUT2D eigenvalue weighted by Crippen LogP contribution is 2.28. The molecule has 0 spiro atoms. The average Bonchev–Trinajstić information content (AvgIpc) is 2.63. The molecular weight excluding hydrogens is 200 g/mol. The third-order valence-electron chi connectivity index (χ3n) is 3.21. The summed E-state index contributed by atoms with van der Waals surface area (Å²) < 4.78 is 0. The fourth-order valence-corrected chi connectivity index (χ4v) is 2.49. The minimum atomic E-state index is 0.567. The molecule has 0 aromatic carbocycles. The molecule has 1 aliphatic heterocycles. The molecule has 1 aliphatic rings. The van der Waals surface area contributed by atoms with Gasteiger partial charge in [0.25, 0.3) is 0 Å². The van der Waals surface area contributed by atoms with Crippen LogP contribution >= 0.6 is 0 Å². The van der Waals surface area contributed by atoms with E-state index in [4.69, 9.17) is 5.73 Å². The summed E-state index contributed by atoms with van der Waals surface area (Å²) >= 11 is 0. The number of nitrogen functional groups attached to an aromatic ring is 1. The van der Waals surface area contributed by atoms with E-state index in [-0.39, 0.29) is 0 Å². The normalized spacial score (nSPS) is 20.8. The molecule has 16 heavy (non-hydrogen) atoms. The first-order valence-corrected chi connectivity index (χ1v) is 5.95. The standard InChI is InChI=1S/C12H20N4/c1-8(2)10-5-4-6-16(10)12-7-11(13)14-9(3)15-12/h7-8,10H,4-6H2,1-3H3,(H2,13,14,15). The van der Waals surface area contributed by atoms with E-state index < -0.39 is 0 Å². The van der Waals surface area contributed by atoms with Crippen LogP contribution in [0.3, 0.4) is 0 Å². The van der Waals surface area contributed by atoms with Gasteiger partial charge in [-0.05, 0) is 25.7 Å². The SMILES string of the molecule is Cc1nc(N)cc(N2CCCC2C(C)C)n1. The molecular formula is C12H20N4. The van der Waals surface area contributed by atoms with Crippen molar-refractivity contribution in [3.63, 3.8) is 0 Å². The summed E-state index contributed by atoms with van der Waals surface area (Å²) in [6, 6.07) is 2.47. The van der Waals surface area contributed by atoms with Crippen LogP contribution in [0.4, 0.5) is 11.6 Å². The quantitative estimate of drug-likeness (QED) is 0.828. The minimum Gasteiger partial charge on any atom is -0.384 e. The average molecular weight is 220 g/mol. The molecule has 0 bridgehead atoms. The number of hydrogen-bond donors (Lipinski definition) is 1. The van der Waals surface area contributed by atoms with Gasteiger partial charge in [0.15, 0.2) is 0 Å². The summed E-state index contributed by atoms with van der Waals surface area (Å²) in [6.45, 7) is 7.50. The zero-order valence-electron chi connectivity index (χ0n) is 10.3. The van der Waals surface area contributed by atoms with Gasteiger partial charge in [-0.25, -0.2) is 9.97 Å². The predicted octanol–water partition coefficient (Wildman–Crippen LogP) is 1.99. The first-order chi connectivity index (χ1) is 7.58. The van der Waals surface area contributed by atoms with Gasteiger partial charge in [0.05, 0.1) is 0 Å². The van der Waals surface area contributed by atoms with Crippen LogP contribution in [0.1, 0.15) is 32.5 Å². The summed E-state index contributed by atoms with van der Waals surface area (Å²) in [7, 11) is 0. The van der Waals surface area contributed by atoms with Crippen LogP contribution in [0, 0.1) is 12.8 Å². The lowest BCUT2D eigenvalue weighted by molar-refractivity contribution is 0.489. The van der Waals surface area contributed by atoms with Crippen molar-refractivity contribution in [1.29, 1.82) is 0 Å². The molecule has 0 aliphatic carbocycles. The Bertz CT molecular complexity index is 355. The topological polar surface area (TPSA) is 55.0 Å². The van der Waals surface area contributed by atoms with Crippen LogP contribution in [0.5, 0.6) is 0 Å². The maximum Gasteiger partial charge on any atom is 0.134 e. The van der Waals surface area contributed by atoms with Gasteiger partial charge in [0.1, 0.15) is 17.5 Å². The Balaban J connectivity index is 2.29. The monoisotopic (exact) mass is 220 g/mol. The summed E-state index contributed by atoms with van der Waals surface area (Å²) in [4.78, 5) is 11.0. The highest BCUT2D eigenvalue weighted by Gasteiger charge is 2.28. The van der Waals surface area contributed by atoms with Crippen LogP contribution in [-0.2, 0) is 0 Å². The Labute approximate surface area is 96.9 Å². The number of nitrogens with two attached hydrogens (primary N) is 1. The lowest BCUT2D eigenvalue weighted by Crippen LogP contribution is -2.34. The second-order valence-corrected chi connectivity index (χ2v) is 4.85. The molecule has 1 aromatic rings. The van der Waals surface area contributed by atoms with Gasteiger partial charge in [-0.1, -0.05) is 13.8 Å². The van der Waals surface area contributed by atoms with E-state index in [9.17, 15) is 0 Å². The van der Waals surface area contributed by atoms with Crippen molar-refractivity contribution >= 4 is 11.6 Å². The van der Waals surface area contributed by atoms with Gasteiger partial charge in [-0.15, -0.1) is 0 Å². The number of aryl methyl sites for hydroxylation is 1. The molecule has 4 nitrogen and oxygen atoms in total. The molecule has 2 heterocycles. The van der Waals surface area contributed by atoms with Crippen molar-refractivity contribution in [3.05, 3.63) is 11.9 Å². The lowest BCUT2D eigenvalue weighted by atomic mass is 10.0. The number of aromatic nitrogens is 2. The van der Waals surface area contributed by atoms with Crippen molar-refractivity contribution in [3.8, 4) is 0 Å².